The first-order valence-corrected chi connectivity index (χ1v) is 10.1. The molecule has 0 aromatic heterocycles. The fourth-order valence-electron chi connectivity index (χ4n) is 4.33. The van der Waals surface area contributed by atoms with Crippen LogP contribution in [0.1, 0.15) is 52.4 Å². The van der Waals surface area contributed by atoms with Crippen molar-refractivity contribution in [3.63, 3.8) is 0 Å². The topological polar surface area (TPSA) is 58.1 Å². The standard InChI is InChI=1S/C19H36N4O2/c1-3-20-17(21-15-18(2)7-6-12-25-18)22-16-19(8-13-24-14-9-19)23-10-4-5-11-23/h3-16H2,1-2H3,(H2,20,21,22). The molecule has 25 heavy (non-hydrogen) atoms. The average Bonchev–Trinajstić information content (AvgIpc) is 3.31. The minimum absolute atomic E-state index is 0.0541. The summed E-state index contributed by atoms with van der Waals surface area (Å²) < 4.78 is 11.5. The Morgan fingerprint density at radius 2 is 1.80 bits per heavy atom. The summed E-state index contributed by atoms with van der Waals surface area (Å²) in [6.07, 6.45) is 7.10. The van der Waals surface area contributed by atoms with Crippen LogP contribution in [0.15, 0.2) is 4.99 Å². The van der Waals surface area contributed by atoms with Crippen LogP contribution in [-0.2, 0) is 9.47 Å². The monoisotopic (exact) mass is 352 g/mol. The highest BCUT2D eigenvalue weighted by atomic mass is 16.5. The number of nitrogens with zero attached hydrogens (tertiary/aromatic N) is 2. The number of rotatable bonds is 6. The summed E-state index contributed by atoms with van der Waals surface area (Å²) in [4.78, 5) is 7.66. The molecule has 3 saturated heterocycles. The van der Waals surface area contributed by atoms with E-state index in [2.05, 4.69) is 29.4 Å². The number of guanidine groups is 1. The lowest BCUT2D eigenvalue weighted by Crippen LogP contribution is -2.54. The van der Waals surface area contributed by atoms with Crippen molar-refractivity contribution in [3.8, 4) is 0 Å². The second-order valence-electron chi connectivity index (χ2n) is 7.98. The Morgan fingerprint density at radius 3 is 2.44 bits per heavy atom. The Kier molecular flexibility index (Phi) is 6.58. The molecule has 6 nitrogen and oxygen atoms in total. The minimum Gasteiger partial charge on any atom is -0.381 e. The summed E-state index contributed by atoms with van der Waals surface area (Å²) in [5.74, 6) is 0.921. The molecule has 3 rings (SSSR count). The first-order valence-electron chi connectivity index (χ1n) is 10.1. The SMILES string of the molecule is CCNC(=NCC1(N2CCCC2)CCOCC1)NCC1(C)CCCO1. The van der Waals surface area contributed by atoms with Crippen molar-refractivity contribution in [2.45, 2.75) is 63.5 Å². The summed E-state index contributed by atoms with van der Waals surface area (Å²) in [6.45, 7) is 11.9. The maximum absolute atomic E-state index is 5.89. The van der Waals surface area contributed by atoms with E-state index in [1.807, 2.05) is 0 Å². The molecule has 0 aliphatic carbocycles. The zero-order chi connectivity index (χ0) is 17.6. The van der Waals surface area contributed by atoms with E-state index in [0.29, 0.717) is 0 Å². The average molecular weight is 353 g/mol. The Balaban J connectivity index is 1.63. The Hall–Kier alpha value is -0.850. The number of hydrogen-bond donors (Lipinski definition) is 2. The molecule has 2 N–H and O–H groups in total. The van der Waals surface area contributed by atoms with E-state index in [-0.39, 0.29) is 11.1 Å². The van der Waals surface area contributed by atoms with Gasteiger partial charge in [0.15, 0.2) is 5.96 Å². The normalized spacial score (nSPS) is 30.6. The highest BCUT2D eigenvalue weighted by Gasteiger charge is 2.39. The van der Waals surface area contributed by atoms with Crippen molar-refractivity contribution < 1.29 is 9.47 Å². The molecule has 3 heterocycles. The molecule has 0 radical (unpaired) electrons. The van der Waals surface area contributed by atoms with E-state index in [0.717, 1.165) is 71.1 Å². The van der Waals surface area contributed by atoms with E-state index in [1.165, 1.54) is 25.9 Å². The molecule has 3 aliphatic heterocycles. The van der Waals surface area contributed by atoms with Gasteiger partial charge < -0.3 is 20.1 Å². The largest absolute Gasteiger partial charge is 0.381 e. The fourth-order valence-corrected chi connectivity index (χ4v) is 4.33. The third-order valence-electron chi connectivity index (χ3n) is 6.01. The minimum atomic E-state index is -0.0541. The van der Waals surface area contributed by atoms with Gasteiger partial charge in [-0.2, -0.15) is 0 Å². The number of nitrogens with one attached hydrogen (secondary N) is 2. The van der Waals surface area contributed by atoms with E-state index in [4.69, 9.17) is 14.5 Å². The molecule has 3 fully saturated rings. The van der Waals surface area contributed by atoms with Crippen LogP contribution in [0.3, 0.4) is 0 Å². The van der Waals surface area contributed by atoms with Crippen molar-refractivity contribution in [3.05, 3.63) is 0 Å². The maximum atomic E-state index is 5.89. The summed E-state index contributed by atoms with van der Waals surface area (Å²) in [6, 6.07) is 0. The lowest BCUT2D eigenvalue weighted by atomic mass is 9.88. The van der Waals surface area contributed by atoms with Crippen LogP contribution in [0, 0.1) is 0 Å². The predicted octanol–water partition coefficient (Wildman–Crippen LogP) is 1.76. The first-order chi connectivity index (χ1) is 12.2. The molecular weight excluding hydrogens is 316 g/mol. The van der Waals surface area contributed by atoms with Crippen LogP contribution in [0.4, 0.5) is 0 Å². The first kappa shape index (κ1) is 18.9. The molecule has 3 aliphatic rings. The molecule has 144 valence electrons. The van der Waals surface area contributed by atoms with E-state index in [9.17, 15) is 0 Å². The van der Waals surface area contributed by atoms with Gasteiger partial charge in [-0.15, -0.1) is 0 Å². The van der Waals surface area contributed by atoms with Crippen LogP contribution in [-0.4, -0.2) is 74.5 Å². The highest BCUT2D eigenvalue weighted by Crippen LogP contribution is 2.31. The number of aliphatic imine (C=N–C) groups is 1. The third kappa shape index (κ3) is 4.86. The van der Waals surface area contributed by atoms with Crippen molar-refractivity contribution in [1.82, 2.24) is 15.5 Å². The fraction of sp³-hybridized carbons (Fsp3) is 0.947. The summed E-state index contributed by atoms with van der Waals surface area (Å²) in [7, 11) is 0. The van der Waals surface area contributed by atoms with E-state index < -0.39 is 0 Å². The molecule has 0 bridgehead atoms. The van der Waals surface area contributed by atoms with Crippen LogP contribution >= 0.6 is 0 Å². The van der Waals surface area contributed by atoms with E-state index >= 15 is 0 Å². The van der Waals surface area contributed by atoms with Crippen molar-refractivity contribution >= 4 is 5.96 Å². The maximum Gasteiger partial charge on any atom is 0.191 e. The third-order valence-corrected chi connectivity index (χ3v) is 6.01. The Morgan fingerprint density at radius 1 is 1.04 bits per heavy atom. The van der Waals surface area contributed by atoms with Gasteiger partial charge in [-0.1, -0.05) is 0 Å². The zero-order valence-corrected chi connectivity index (χ0v) is 16.1. The molecular formula is C19H36N4O2. The van der Waals surface area contributed by atoms with Gasteiger partial charge in [0.1, 0.15) is 0 Å². The van der Waals surface area contributed by atoms with Gasteiger partial charge in [-0.3, -0.25) is 9.89 Å². The van der Waals surface area contributed by atoms with Crippen LogP contribution in [0.2, 0.25) is 0 Å². The molecule has 1 unspecified atom stereocenters. The molecule has 0 saturated carbocycles. The number of hydrogen-bond acceptors (Lipinski definition) is 4. The molecule has 1 atom stereocenters. The van der Waals surface area contributed by atoms with Gasteiger partial charge in [-0.25, -0.2) is 0 Å². The van der Waals surface area contributed by atoms with Gasteiger partial charge in [0, 0.05) is 38.4 Å². The van der Waals surface area contributed by atoms with Gasteiger partial charge >= 0.3 is 0 Å². The molecule has 0 amide bonds. The van der Waals surface area contributed by atoms with Gasteiger partial charge in [0.2, 0.25) is 0 Å². The van der Waals surface area contributed by atoms with Gasteiger partial charge in [0.25, 0.3) is 0 Å². The van der Waals surface area contributed by atoms with Crippen LogP contribution in [0.25, 0.3) is 0 Å². The highest BCUT2D eigenvalue weighted by molar-refractivity contribution is 5.79. The van der Waals surface area contributed by atoms with Crippen molar-refractivity contribution in [2.75, 3.05) is 52.5 Å². The Bertz CT molecular complexity index is 437. The van der Waals surface area contributed by atoms with Crippen LogP contribution in [0.5, 0.6) is 0 Å². The summed E-state index contributed by atoms with van der Waals surface area (Å²) >= 11 is 0. The molecule has 6 heteroatoms. The number of likely N-dealkylation sites (tertiary alicyclic amines) is 1. The van der Waals surface area contributed by atoms with E-state index in [1.54, 1.807) is 0 Å². The molecule has 0 spiro atoms. The second kappa shape index (κ2) is 8.69. The predicted molar refractivity (Wildman–Crippen MR) is 101 cm³/mol. The Labute approximate surface area is 152 Å². The zero-order valence-electron chi connectivity index (χ0n) is 16.1. The van der Waals surface area contributed by atoms with Gasteiger partial charge in [0.05, 0.1) is 12.1 Å². The lowest BCUT2D eigenvalue weighted by molar-refractivity contribution is -0.0139. The van der Waals surface area contributed by atoms with Crippen molar-refractivity contribution in [2.24, 2.45) is 4.99 Å². The van der Waals surface area contributed by atoms with Crippen molar-refractivity contribution in [1.29, 1.82) is 0 Å². The smallest absolute Gasteiger partial charge is 0.191 e. The second-order valence-corrected chi connectivity index (χ2v) is 7.98. The quantitative estimate of drug-likeness (QED) is 0.563. The molecule has 0 aromatic rings. The number of ether oxygens (including phenoxy) is 2. The lowest BCUT2D eigenvalue weighted by Gasteiger charge is -2.43. The summed E-state index contributed by atoms with van der Waals surface area (Å²) in [5.41, 5.74) is 0.131. The molecule has 0 aromatic carbocycles. The summed E-state index contributed by atoms with van der Waals surface area (Å²) in [5, 5.41) is 6.92. The van der Waals surface area contributed by atoms with Gasteiger partial charge in [-0.05, 0) is 65.5 Å². The van der Waals surface area contributed by atoms with Crippen LogP contribution < -0.4 is 10.6 Å².